The minimum absolute atomic E-state index is 0.0725. The molecule has 0 aliphatic heterocycles. The summed E-state index contributed by atoms with van der Waals surface area (Å²) in [5.74, 6) is 0. The maximum atomic E-state index is 11.3. The number of aryl methyl sites for hydroxylation is 1. The molecule has 92 valence electrons. The summed E-state index contributed by atoms with van der Waals surface area (Å²) in [4.78, 5) is 0. The maximum Gasteiger partial charge on any atom is 0.255 e. The van der Waals surface area contributed by atoms with Gasteiger partial charge in [0.1, 0.15) is 0 Å². The van der Waals surface area contributed by atoms with Crippen LogP contribution in [0.1, 0.15) is 25.8 Å². The summed E-state index contributed by atoms with van der Waals surface area (Å²) in [6, 6.07) is 0.327. The molecule has 0 aliphatic carbocycles. The van der Waals surface area contributed by atoms with Gasteiger partial charge in [-0.1, -0.05) is 6.92 Å². The van der Waals surface area contributed by atoms with E-state index in [1.54, 1.807) is 7.05 Å². The monoisotopic (exact) mass is 246 g/mol. The molecule has 1 heterocycles. The fourth-order valence-electron chi connectivity index (χ4n) is 1.39. The minimum Gasteiger partial charge on any atom is -0.310 e. The molecule has 1 atom stereocenters. The highest BCUT2D eigenvalue weighted by Gasteiger charge is 2.19. The number of rotatable bonds is 5. The summed E-state index contributed by atoms with van der Waals surface area (Å²) in [6.45, 7) is 4.54. The molecule has 6 nitrogen and oxygen atoms in total. The predicted molar refractivity (Wildman–Crippen MR) is 61.2 cm³/mol. The van der Waals surface area contributed by atoms with Crippen molar-refractivity contribution in [2.24, 2.45) is 12.2 Å². The summed E-state index contributed by atoms with van der Waals surface area (Å²) in [5.41, 5.74) is 0.602. The molecule has 0 saturated heterocycles. The van der Waals surface area contributed by atoms with Gasteiger partial charge in [-0.05, 0) is 13.3 Å². The van der Waals surface area contributed by atoms with E-state index in [0.29, 0.717) is 18.2 Å². The Hall–Kier alpha value is -0.920. The third-order valence-corrected chi connectivity index (χ3v) is 3.54. The first-order valence-electron chi connectivity index (χ1n) is 5.13. The summed E-state index contributed by atoms with van der Waals surface area (Å²) >= 11 is 0. The van der Waals surface area contributed by atoms with Crippen LogP contribution in [0, 0.1) is 0 Å². The number of aromatic nitrogens is 2. The van der Waals surface area contributed by atoms with Crippen molar-refractivity contribution in [2.45, 2.75) is 37.9 Å². The second-order valence-corrected chi connectivity index (χ2v) is 5.31. The van der Waals surface area contributed by atoms with Gasteiger partial charge in [0.2, 0.25) is 0 Å². The van der Waals surface area contributed by atoms with Crippen molar-refractivity contribution in [3.05, 3.63) is 11.8 Å². The van der Waals surface area contributed by atoms with Gasteiger partial charge in [-0.25, -0.2) is 13.6 Å². The predicted octanol–water partition coefficient (Wildman–Crippen LogP) is -0.0444. The Morgan fingerprint density at radius 3 is 2.75 bits per heavy atom. The van der Waals surface area contributed by atoms with Gasteiger partial charge in [0.05, 0.1) is 6.20 Å². The molecule has 0 spiro atoms. The quantitative estimate of drug-likeness (QED) is 0.762. The van der Waals surface area contributed by atoms with Crippen molar-refractivity contribution in [3.8, 4) is 0 Å². The van der Waals surface area contributed by atoms with Crippen LogP contribution < -0.4 is 10.5 Å². The van der Waals surface area contributed by atoms with Crippen LogP contribution in [-0.4, -0.2) is 24.2 Å². The Balaban J connectivity index is 2.90. The SMILES string of the molecule is CCC(C)NCc1cnn(C)c1S(N)(=O)=O. The van der Waals surface area contributed by atoms with Crippen molar-refractivity contribution >= 4 is 10.0 Å². The molecule has 0 radical (unpaired) electrons. The molecule has 0 fully saturated rings. The Labute approximate surface area is 95.9 Å². The summed E-state index contributed by atoms with van der Waals surface area (Å²) in [5, 5.41) is 12.3. The number of nitrogens with zero attached hydrogens (tertiary/aromatic N) is 2. The van der Waals surface area contributed by atoms with E-state index in [2.05, 4.69) is 17.3 Å². The Bertz CT molecular complexity index is 452. The largest absolute Gasteiger partial charge is 0.310 e. The lowest BCUT2D eigenvalue weighted by atomic mass is 10.2. The van der Waals surface area contributed by atoms with Crippen molar-refractivity contribution in [2.75, 3.05) is 0 Å². The second-order valence-electron chi connectivity index (χ2n) is 3.83. The third kappa shape index (κ3) is 3.03. The number of primary sulfonamides is 1. The molecule has 0 saturated carbocycles. The zero-order valence-electron chi connectivity index (χ0n) is 9.77. The molecular weight excluding hydrogens is 228 g/mol. The molecular formula is C9H18N4O2S. The van der Waals surface area contributed by atoms with Crippen LogP contribution in [0.5, 0.6) is 0 Å². The van der Waals surface area contributed by atoms with Gasteiger partial charge in [0.25, 0.3) is 10.0 Å². The molecule has 0 aliphatic rings. The van der Waals surface area contributed by atoms with Gasteiger partial charge >= 0.3 is 0 Å². The zero-order valence-corrected chi connectivity index (χ0v) is 10.6. The third-order valence-electron chi connectivity index (χ3n) is 2.48. The van der Waals surface area contributed by atoms with Gasteiger partial charge in [-0.2, -0.15) is 5.10 Å². The van der Waals surface area contributed by atoms with E-state index in [0.717, 1.165) is 6.42 Å². The molecule has 16 heavy (non-hydrogen) atoms. The Morgan fingerprint density at radius 1 is 1.62 bits per heavy atom. The van der Waals surface area contributed by atoms with Crippen LogP contribution in [0.15, 0.2) is 11.2 Å². The van der Waals surface area contributed by atoms with E-state index >= 15 is 0 Å². The summed E-state index contributed by atoms with van der Waals surface area (Å²) in [6.07, 6.45) is 2.50. The molecule has 1 rings (SSSR count). The van der Waals surface area contributed by atoms with Crippen LogP contribution in [0.25, 0.3) is 0 Å². The lowest BCUT2D eigenvalue weighted by Gasteiger charge is -2.10. The second kappa shape index (κ2) is 4.94. The number of nitrogens with one attached hydrogen (secondary N) is 1. The lowest BCUT2D eigenvalue weighted by molar-refractivity contribution is 0.525. The number of sulfonamides is 1. The Morgan fingerprint density at radius 2 is 2.25 bits per heavy atom. The van der Waals surface area contributed by atoms with Crippen molar-refractivity contribution in [1.29, 1.82) is 0 Å². The lowest BCUT2D eigenvalue weighted by Crippen LogP contribution is -2.26. The maximum absolute atomic E-state index is 11.3. The van der Waals surface area contributed by atoms with Crippen molar-refractivity contribution < 1.29 is 8.42 Å². The van der Waals surface area contributed by atoms with Gasteiger partial charge in [0.15, 0.2) is 5.03 Å². The summed E-state index contributed by atoms with van der Waals surface area (Å²) in [7, 11) is -2.15. The van der Waals surface area contributed by atoms with E-state index in [1.807, 2.05) is 6.92 Å². The molecule has 0 bridgehead atoms. The highest BCUT2D eigenvalue weighted by Crippen LogP contribution is 2.12. The van der Waals surface area contributed by atoms with Crippen molar-refractivity contribution in [3.63, 3.8) is 0 Å². The molecule has 0 aromatic carbocycles. The van der Waals surface area contributed by atoms with Gasteiger partial charge < -0.3 is 5.32 Å². The fraction of sp³-hybridized carbons (Fsp3) is 0.667. The first kappa shape index (κ1) is 13.1. The molecule has 3 N–H and O–H groups in total. The van der Waals surface area contributed by atoms with E-state index in [4.69, 9.17) is 5.14 Å². The van der Waals surface area contributed by atoms with Crippen LogP contribution in [0.4, 0.5) is 0 Å². The molecule has 1 unspecified atom stereocenters. The molecule has 1 aromatic heterocycles. The topological polar surface area (TPSA) is 90.0 Å². The van der Waals surface area contributed by atoms with E-state index in [1.165, 1.54) is 10.9 Å². The molecule has 0 amide bonds. The fourth-order valence-corrected chi connectivity index (χ4v) is 2.29. The van der Waals surface area contributed by atoms with Crippen molar-refractivity contribution in [1.82, 2.24) is 15.1 Å². The van der Waals surface area contributed by atoms with E-state index < -0.39 is 10.0 Å². The summed E-state index contributed by atoms with van der Waals surface area (Å²) < 4.78 is 24.0. The number of hydrogen-bond donors (Lipinski definition) is 2. The van der Waals surface area contributed by atoms with Crippen LogP contribution in [-0.2, 0) is 23.6 Å². The van der Waals surface area contributed by atoms with Crippen LogP contribution in [0.3, 0.4) is 0 Å². The average Bonchev–Trinajstić information content (AvgIpc) is 2.55. The highest BCUT2D eigenvalue weighted by molar-refractivity contribution is 7.89. The van der Waals surface area contributed by atoms with Gasteiger partial charge in [-0.3, -0.25) is 4.68 Å². The average molecular weight is 246 g/mol. The Kier molecular flexibility index (Phi) is 4.06. The van der Waals surface area contributed by atoms with Gasteiger partial charge in [0, 0.05) is 25.2 Å². The normalized spacial score (nSPS) is 14.0. The standard InChI is InChI=1S/C9H18N4O2S/c1-4-7(2)11-5-8-6-12-13(3)9(8)16(10,14)15/h6-7,11H,4-5H2,1-3H3,(H2,10,14,15). The first-order chi connectivity index (χ1) is 7.36. The van der Waals surface area contributed by atoms with E-state index in [9.17, 15) is 8.42 Å². The van der Waals surface area contributed by atoms with Crippen LogP contribution in [0.2, 0.25) is 0 Å². The zero-order chi connectivity index (χ0) is 12.3. The first-order valence-corrected chi connectivity index (χ1v) is 6.68. The van der Waals surface area contributed by atoms with Crippen LogP contribution >= 0.6 is 0 Å². The molecule has 7 heteroatoms. The van der Waals surface area contributed by atoms with E-state index in [-0.39, 0.29) is 5.03 Å². The number of hydrogen-bond acceptors (Lipinski definition) is 4. The van der Waals surface area contributed by atoms with Gasteiger partial charge in [-0.15, -0.1) is 0 Å². The highest BCUT2D eigenvalue weighted by atomic mass is 32.2. The smallest absolute Gasteiger partial charge is 0.255 e. The minimum atomic E-state index is -3.71. The number of nitrogens with two attached hydrogens (primary N) is 1. The molecule has 1 aromatic rings.